The van der Waals surface area contributed by atoms with Gasteiger partial charge in [0.05, 0.1) is 5.69 Å². The Labute approximate surface area is 131 Å². The Bertz CT molecular complexity index is 771. The maximum Gasteiger partial charge on any atom is 0.255 e. The minimum Gasteiger partial charge on any atom is -0.322 e. The minimum absolute atomic E-state index is 0.185. The summed E-state index contributed by atoms with van der Waals surface area (Å²) in [5.41, 5.74) is 1.14. The van der Waals surface area contributed by atoms with Gasteiger partial charge < -0.3 is 5.32 Å². The molecular formula is C17H13FN2O3. The molecule has 0 radical (unpaired) electrons. The van der Waals surface area contributed by atoms with Crippen LogP contribution >= 0.6 is 0 Å². The molecule has 23 heavy (non-hydrogen) atoms. The molecule has 1 aliphatic heterocycles. The SMILES string of the molecule is O=C(Nc1ccc(F)cc1)c1cccc(N2C(=O)CCC2=O)c1. The van der Waals surface area contributed by atoms with Crippen molar-refractivity contribution in [3.63, 3.8) is 0 Å². The van der Waals surface area contributed by atoms with Crippen molar-refractivity contribution in [1.82, 2.24) is 0 Å². The molecule has 1 saturated heterocycles. The van der Waals surface area contributed by atoms with E-state index in [1.54, 1.807) is 18.2 Å². The lowest BCUT2D eigenvalue weighted by atomic mass is 10.1. The molecule has 1 aliphatic rings. The molecule has 0 unspecified atom stereocenters. The standard InChI is InChI=1S/C17H13FN2O3/c18-12-4-6-13(7-5-12)19-17(23)11-2-1-3-14(10-11)20-15(21)8-9-16(20)22/h1-7,10H,8-9H2,(H,19,23). The fourth-order valence-electron chi connectivity index (χ4n) is 2.39. The van der Waals surface area contributed by atoms with Gasteiger partial charge in [-0.2, -0.15) is 0 Å². The van der Waals surface area contributed by atoms with Crippen molar-refractivity contribution in [3.8, 4) is 0 Å². The van der Waals surface area contributed by atoms with E-state index in [2.05, 4.69) is 5.32 Å². The number of benzene rings is 2. The van der Waals surface area contributed by atoms with Crippen LogP contribution in [0.3, 0.4) is 0 Å². The minimum atomic E-state index is -0.405. The van der Waals surface area contributed by atoms with E-state index >= 15 is 0 Å². The highest BCUT2D eigenvalue weighted by Crippen LogP contribution is 2.23. The van der Waals surface area contributed by atoms with E-state index in [4.69, 9.17) is 0 Å². The Morgan fingerprint density at radius 2 is 1.65 bits per heavy atom. The fourth-order valence-corrected chi connectivity index (χ4v) is 2.39. The molecule has 6 heteroatoms. The number of amides is 3. The highest BCUT2D eigenvalue weighted by Gasteiger charge is 2.30. The first-order valence-electron chi connectivity index (χ1n) is 7.07. The van der Waals surface area contributed by atoms with Crippen molar-refractivity contribution in [3.05, 3.63) is 59.9 Å². The molecule has 0 atom stereocenters. The molecule has 3 rings (SSSR count). The molecule has 116 valence electrons. The lowest BCUT2D eigenvalue weighted by molar-refractivity contribution is -0.121. The Hall–Kier alpha value is -3.02. The van der Waals surface area contributed by atoms with E-state index in [0.717, 1.165) is 4.90 Å². The predicted molar refractivity (Wildman–Crippen MR) is 82.5 cm³/mol. The van der Waals surface area contributed by atoms with Gasteiger partial charge in [-0.15, -0.1) is 0 Å². The molecule has 0 aromatic heterocycles. The monoisotopic (exact) mass is 312 g/mol. The van der Waals surface area contributed by atoms with Crippen LogP contribution in [0.4, 0.5) is 15.8 Å². The quantitative estimate of drug-likeness (QED) is 0.886. The average molecular weight is 312 g/mol. The first-order valence-corrected chi connectivity index (χ1v) is 7.07. The number of rotatable bonds is 3. The average Bonchev–Trinajstić information content (AvgIpc) is 2.88. The van der Waals surface area contributed by atoms with Gasteiger partial charge in [0.25, 0.3) is 5.91 Å². The molecule has 1 fully saturated rings. The van der Waals surface area contributed by atoms with Crippen LogP contribution in [0.15, 0.2) is 48.5 Å². The smallest absolute Gasteiger partial charge is 0.255 e. The van der Waals surface area contributed by atoms with Gasteiger partial charge in [-0.3, -0.25) is 19.3 Å². The second kappa shape index (κ2) is 6.00. The van der Waals surface area contributed by atoms with Crippen LogP contribution in [0, 0.1) is 5.82 Å². The van der Waals surface area contributed by atoms with Gasteiger partial charge in [-0.25, -0.2) is 4.39 Å². The molecule has 0 saturated carbocycles. The normalized spacial score (nSPS) is 14.2. The lowest BCUT2D eigenvalue weighted by Gasteiger charge is -2.14. The van der Waals surface area contributed by atoms with E-state index in [9.17, 15) is 18.8 Å². The fraction of sp³-hybridized carbons (Fsp3) is 0.118. The van der Waals surface area contributed by atoms with Crippen LogP contribution < -0.4 is 10.2 Å². The summed E-state index contributed by atoms with van der Waals surface area (Å²) >= 11 is 0. The third kappa shape index (κ3) is 3.11. The van der Waals surface area contributed by atoms with E-state index in [1.807, 2.05) is 0 Å². The molecule has 3 amide bonds. The Kier molecular flexibility index (Phi) is 3.89. The van der Waals surface area contributed by atoms with Gasteiger partial charge >= 0.3 is 0 Å². The number of hydrogen-bond acceptors (Lipinski definition) is 3. The third-order valence-electron chi connectivity index (χ3n) is 3.52. The lowest BCUT2D eigenvalue weighted by Crippen LogP contribution is -2.28. The Morgan fingerprint density at radius 3 is 2.30 bits per heavy atom. The number of halogens is 1. The van der Waals surface area contributed by atoms with Crippen LogP contribution in [0.5, 0.6) is 0 Å². The predicted octanol–water partition coefficient (Wildman–Crippen LogP) is 2.73. The zero-order valence-electron chi connectivity index (χ0n) is 12.1. The Balaban J connectivity index is 1.81. The largest absolute Gasteiger partial charge is 0.322 e. The van der Waals surface area contributed by atoms with Crippen LogP contribution in [0.2, 0.25) is 0 Å². The first kappa shape index (κ1) is 14.9. The van der Waals surface area contributed by atoms with E-state index in [1.165, 1.54) is 30.3 Å². The van der Waals surface area contributed by atoms with Gasteiger partial charge in [0.15, 0.2) is 0 Å². The first-order chi connectivity index (χ1) is 11.0. The topological polar surface area (TPSA) is 66.5 Å². The van der Waals surface area contributed by atoms with Crippen LogP contribution in [-0.2, 0) is 9.59 Å². The number of nitrogens with zero attached hydrogens (tertiary/aromatic N) is 1. The van der Waals surface area contributed by atoms with Gasteiger partial charge in [0.1, 0.15) is 5.82 Å². The van der Waals surface area contributed by atoms with Crippen molar-refractivity contribution in [2.45, 2.75) is 12.8 Å². The molecule has 0 spiro atoms. The van der Waals surface area contributed by atoms with Crippen molar-refractivity contribution in [2.75, 3.05) is 10.2 Å². The summed E-state index contributed by atoms with van der Waals surface area (Å²) < 4.78 is 12.9. The molecule has 1 N–H and O–H groups in total. The number of hydrogen-bond donors (Lipinski definition) is 1. The van der Waals surface area contributed by atoms with E-state index in [0.29, 0.717) is 16.9 Å². The van der Waals surface area contributed by atoms with E-state index < -0.39 is 11.7 Å². The van der Waals surface area contributed by atoms with Gasteiger partial charge in [0.2, 0.25) is 11.8 Å². The summed E-state index contributed by atoms with van der Waals surface area (Å²) in [4.78, 5) is 36.8. The number of imide groups is 1. The van der Waals surface area contributed by atoms with Gasteiger partial charge in [-0.05, 0) is 42.5 Å². The highest BCUT2D eigenvalue weighted by atomic mass is 19.1. The van der Waals surface area contributed by atoms with E-state index in [-0.39, 0.29) is 24.7 Å². The van der Waals surface area contributed by atoms with Crippen LogP contribution in [0.1, 0.15) is 23.2 Å². The van der Waals surface area contributed by atoms with Crippen LogP contribution in [0.25, 0.3) is 0 Å². The van der Waals surface area contributed by atoms with Crippen molar-refractivity contribution in [1.29, 1.82) is 0 Å². The van der Waals surface area contributed by atoms with Crippen LogP contribution in [-0.4, -0.2) is 17.7 Å². The molecule has 2 aromatic rings. The zero-order chi connectivity index (χ0) is 16.4. The number of nitrogens with one attached hydrogen (secondary N) is 1. The molecule has 2 aromatic carbocycles. The zero-order valence-corrected chi connectivity index (χ0v) is 12.1. The summed E-state index contributed by atoms with van der Waals surface area (Å²) in [6.07, 6.45) is 0.371. The van der Waals surface area contributed by atoms with Crippen molar-refractivity contribution in [2.24, 2.45) is 0 Å². The van der Waals surface area contributed by atoms with Crippen molar-refractivity contribution < 1.29 is 18.8 Å². The molecule has 1 heterocycles. The number of carbonyl (C=O) groups is 3. The second-order valence-corrected chi connectivity index (χ2v) is 5.13. The molecular weight excluding hydrogens is 299 g/mol. The number of anilines is 2. The number of carbonyl (C=O) groups excluding carboxylic acids is 3. The molecule has 0 bridgehead atoms. The maximum absolute atomic E-state index is 12.9. The highest BCUT2D eigenvalue weighted by molar-refractivity contribution is 6.20. The maximum atomic E-state index is 12.9. The summed E-state index contributed by atoms with van der Waals surface area (Å²) in [6, 6.07) is 11.7. The van der Waals surface area contributed by atoms with Gasteiger partial charge in [0, 0.05) is 24.1 Å². The third-order valence-corrected chi connectivity index (χ3v) is 3.52. The molecule has 5 nitrogen and oxygen atoms in total. The summed E-state index contributed by atoms with van der Waals surface area (Å²) in [7, 11) is 0. The molecule has 0 aliphatic carbocycles. The van der Waals surface area contributed by atoms with Gasteiger partial charge in [-0.1, -0.05) is 6.07 Å². The second-order valence-electron chi connectivity index (χ2n) is 5.13. The van der Waals surface area contributed by atoms with Crippen molar-refractivity contribution >= 4 is 29.1 Å². The summed E-state index contributed by atoms with van der Waals surface area (Å²) in [5.74, 6) is -1.34. The Morgan fingerprint density at radius 1 is 1.00 bits per heavy atom. The summed E-state index contributed by atoms with van der Waals surface area (Å²) in [5, 5.41) is 2.63. The summed E-state index contributed by atoms with van der Waals surface area (Å²) in [6.45, 7) is 0.